The zero-order chi connectivity index (χ0) is 14.4. The number of anilines is 1. The first kappa shape index (κ1) is 14.5. The minimum Gasteiger partial charge on any atom is -0.496 e. The lowest BCUT2D eigenvalue weighted by Crippen LogP contribution is -2.15. The zero-order valence-corrected chi connectivity index (χ0v) is 10.1. The van der Waals surface area contributed by atoms with E-state index in [1.165, 1.54) is 13.2 Å². The molecule has 102 valence electrons. The molecule has 0 aliphatic carbocycles. The van der Waals surface area contributed by atoms with Crippen LogP contribution in [0.4, 0.5) is 14.9 Å². The predicted molar refractivity (Wildman–Crippen MR) is 65.1 cm³/mol. The van der Waals surface area contributed by atoms with E-state index in [4.69, 9.17) is 9.84 Å². The van der Waals surface area contributed by atoms with Crippen LogP contribution in [0, 0.1) is 5.82 Å². The van der Waals surface area contributed by atoms with Gasteiger partial charge in [0, 0.05) is 6.07 Å². The fraction of sp³-hybridized carbons (Fsp3) is 0.167. The van der Waals surface area contributed by atoms with Crippen LogP contribution in [0.15, 0.2) is 24.8 Å². The highest BCUT2D eigenvalue weighted by molar-refractivity contribution is 5.93. The molecule has 1 aromatic rings. The Hall–Kier alpha value is -2.57. The molecular weight excluding hydrogens is 257 g/mol. The van der Waals surface area contributed by atoms with Gasteiger partial charge >= 0.3 is 12.1 Å². The maximum atomic E-state index is 13.6. The van der Waals surface area contributed by atoms with E-state index in [1.54, 1.807) is 0 Å². The van der Waals surface area contributed by atoms with E-state index in [2.05, 4.69) is 16.6 Å². The molecule has 1 aromatic carbocycles. The Morgan fingerprint density at radius 1 is 1.53 bits per heavy atom. The molecule has 0 aliphatic rings. The van der Waals surface area contributed by atoms with Gasteiger partial charge in [-0.05, 0) is 6.07 Å². The quantitative estimate of drug-likeness (QED) is 0.801. The number of halogens is 1. The van der Waals surface area contributed by atoms with E-state index in [0.717, 1.165) is 12.1 Å². The van der Waals surface area contributed by atoms with Gasteiger partial charge in [0.05, 0.1) is 12.8 Å². The van der Waals surface area contributed by atoms with Crippen LogP contribution in [0.1, 0.15) is 10.4 Å². The maximum absolute atomic E-state index is 13.6. The molecule has 0 heterocycles. The van der Waals surface area contributed by atoms with Gasteiger partial charge in [0.25, 0.3) is 0 Å². The molecule has 0 aromatic heterocycles. The monoisotopic (exact) mass is 269 g/mol. The fourth-order valence-corrected chi connectivity index (χ4v) is 1.27. The third-order valence-electron chi connectivity index (χ3n) is 2.09. The molecule has 2 N–H and O–H groups in total. The first-order valence-electron chi connectivity index (χ1n) is 5.15. The molecule has 6 nitrogen and oxygen atoms in total. The van der Waals surface area contributed by atoms with Crippen LogP contribution in [0.2, 0.25) is 0 Å². The van der Waals surface area contributed by atoms with E-state index in [9.17, 15) is 14.0 Å². The molecule has 1 rings (SSSR count). The molecule has 0 aliphatic heterocycles. The number of ether oxygens (including phenoxy) is 2. The number of amides is 1. The second kappa shape index (κ2) is 6.39. The van der Waals surface area contributed by atoms with Crippen molar-refractivity contribution in [2.24, 2.45) is 0 Å². The Labute approximate surface area is 108 Å². The molecule has 19 heavy (non-hydrogen) atoms. The topological polar surface area (TPSA) is 84.9 Å². The summed E-state index contributed by atoms with van der Waals surface area (Å²) < 4.78 is 23.0. The van der Waals surface area contributed by atoms with Crippen molar-refractivity contribution in [2.75, 3.05) is 19.0 Å². The number of carbonyl (C=O) groups is 2. The number of hydrogen-bond donors (Lipinski definition) is 2. The van der Waals surface area contributed by atoms with Gasteiger partial charge in [-0.2, -0.15) is 0 Å². The second-order valence-corrected chi connectivity index (χ2v) is 3.35. The van der Waals surface area contributed by atoms with Crippen molar-refractivity contribution < 1.29 is 28.6 Å². The smallest absolute Gasteiger partial charge is 0.412 e. The number of carboxylic acids is 1. The van der Waals surface area contributed by atoms with Crippen molar-refractivity contribution in [3.63, 3.8) is 0 Å². The molecule has 0 bridgehead atoms. The Balaban J connectivity index is 2.99. The highest BCUT2D eigenvalue weighted by Crippen LogP contribution is 2.26. The van der Waals surface area contributed by atoms with Gasteiger partial charge in [-0.25, -0.2) is 14.0 Å². The first-order valence-corrected chi connectivity index (χ1v) is 5.15. The summed E-state index contributed by atoms with van der Waals surface area (Å²) in [7, 11) is 1.24. The molecule has 0 fully saturated rings. The van der Waals surface area contributed by atoms with Crippen molar-refractivity contribution in [1.29, 1.82) is 0 Å². The van der Waals surface area contributed by atoms with Gasteiger partial charge in [-0.3, -0.25) is 5.32 Å². The van der Waals surface area contributed by atoms with E-state index >= 15 is 0 Å². The van der Waals surface area contributed by atoms with E-state index in [1.807, 2.05) is 0 Å². The first-order chi connectivity index (χ1) is 8.99. The number of methoxy groups -OCH3 is 1. The number of rotatable bonds is 5. The van der Waals surface area contributed by atoms with Gasteiger partial charge in [0.1, 0.15) is 23.7 Å². The van der Waals surface area contributed by atoms with Crippen molar-refractivity contribution in [3.05, 3.63) is 36.2 Å². The Morgan fingerprint density at radius 3 is 2.74 bits per heavy atom. The summed E-state index contributed by atoms with van der Waals surface area (Å²) in [5, 5.41) is 11.0. The van der Waals surface area contributed by atoms with Crippen LogP contribution in [0.5, 0.6) is 5.75 Å². The number of carbonyl (C=O) groups excluding carboxylic acids is 1. The molecule has 1 amide bonds. The molecule has 0 unspecified atom stereocenters. The number of nitrogens with one attached hydrogen (secondary N) is 1. The van der Waals surface area contributed by atoms with Crippen LogP contribution in [-0.4, -0.2) is 30.9 Å². The van der Waals surface area contributed by atoms with Crippen molar-refractivity contribution in [3.8, 4) is 5.75 Å². The van der Waals surface area contributed by atoms with Gasteiger partial charge in [0.15, 0.2) is 0 Å². The minimum atomic E-state index is -1.34. The lowest BCUT2D eigenvalue weighted by molar-refractivity contribution is 0.0692. The van der Waals surface area contributed by atoms with Gasteiger partial charge in [-0.15, -0.1) is 0 Å². The van der Waals surface area contributed by atoms with Gasteiger partial charge in [0.2, 0.25) is 0 Å². The molecule has 0 atom stereocenters. The van der Waals surface area contributed by atoms with Crippen LogP contribution in [-0.2, 0) is 4.74 Å². The molecule has 0 saturated heterocycles. The molecule has 0 radical (unpaired) electrons. The average Bonchev–Trinajstić information content (AvgIpc) is 2.38. The lowest BCUT2D eigenvalue weighted by atomic mass is 10.1. The summed E-state index contributed by atoms with van der Waals surface area (Å²) in [6, 6.07) is 1.82. The van der Waals surface area contributed by atoms with Crippen molar-refractivity contribution in [2.45, 2.75) is 0 Å². The van der Waals surface area contributed by atoms with Crippen molar-refractivity contribution >= 4 is 17.7 Å². The molecule has 7 heteroatoms. The van der Waals surface area contributed by atoms with Crippen LogP contribution >= 0.6 is 0 Å². The molecule has 0 saturated carbocycles. The Morgan fingerprint density at radius 2 is 2.21 bits per heavy atom. The summed E-state index contributed by atoms with van der Waals surface area (Å²) in [6.45, 7) is 3.32. The average molecular weight is 269 g/mol. The summed E-state index contributed by atoms with van der Waals surface area (Å²) in [6.07, 6.45) is 0.466. The third kappa shape index (κ3) is 3.70. The third-order valence-corrected chi connectivity index (χ3v) is 2.09. The minimum absolute atomic E-state index is 0.0300. The van der Waals surface area contributed by atoms with Crippen LogP contribution in [0.25, 0.3) is 0 Å². The van der Waals surface area contributed by atoms with Crippen molar-refractivity contribution in [1.82, 2.24) is 0 Å². The Kier molecular flexibility index (Phi) is 4.87. The summed E-state index contributed by atoms with van der Waals surface area (Å²) in [5.74, 6) is -2.32. The fourth-order valence-electron chi connectivity index (χ4n) is 1.27. The van der Waals surface area contributed by atoms with Gasteiger partial charge in [-0.1, -0.05) is 12.7 Å². The summed E-state index contributed by atoms with van der Waals surface area (Å²) >= 11 is 0. The SMILES string of the molecule is C=CCOC(=O)Nc1cc(OC)c(C(=O)O)cc1F. The number of benzene rings is 1. The maximum Gasteiger partial charge on any atom is 0.412 e. The van der Waals surface area contributed by atoms with Crippen LogP contribution in [0.3, 0.4) is 0 Å². The zero-order valence-electron chi connectivity index (χ0n) is 10.1. The largest absolute Gasteiger partial charge is 0.496 e. The highest BCUT2D eigenvalue weighted by atomic mass is 19.1. The standard InChI is InChI=1S/C12H12FNO5/c1-3-4-19-12(17)14-9-6-10(18-2)7(11(15)16)5-8(9)13/h3,5-6H,1,4H2,2H3,(H,14,17)(H,15,16). The van der Waals surface area contributed by atoms with Gasteiger partial charge < -0.3 is 14.6 Å². The molecule has 0 spiro atoms. The number of hydrogen-bond acceptors (Lipinski definition) is 4. The number of carboxylic acid groups (broad SMARTS) is 1. The Bertz CT molecular complexity index is 515. The van der Waals surface area contributed by atoms with Crippen LogP contribution < -0.4 is 10.1 Å². The predicted octanol–water partition coefficient (Wildman–Crippen LogP) is 2.27. The second-order valence-electron chi connectivity index (χ2n) is 3.35. The number of aromatic carboxylic acids is 1. The van der Waals surface area contributed by atoms with E-state index in [-0.39, 0.29) is 23.6 Å². The normalized spacial score (nSPS) is 9.58. The summed E-state index contributed by atoms with van der Waals surface area (Å²) in [4.78, 5) is 22.1. The summed E-state index contributed by atoms with van der Waals surface area (Å²) in [5.41, 5.74) is -0.582. The van der Waals surface area contributed by atoms with E-state index < -0.39 is 17.9 Å². The molecular formula is C12H12FNO5. The van der Waals surface area contributed by atoms with E-state index in [0.29, 0.717) is 0 Å². The highest BCUT2D eigenvalue weighted by Gasteiger charge is 2.17. The lowest BCUT2D eigenvalue weighted by Gasteiger charge is -2.10.